The molecule has 0 unspecified atom stereocenters. The minimum Gasteiger partial charge on any atom is -0.461 e. The van der Waals surface area contributed by atoms with Gasteiger partial charge < -0.3 is 25.4 Å². The van der Waals surface area contributed by atoms with E-state index in [-0.39, 0.29) is 24.8 Å². The monoisotopic (exact) mass is 449 g/mol. The summed E-state index contributed by atoms with van der Waals surface area (Å²) in [6.45, 7) is -0.522. The lowest BCUT2D eigenvalue weighted by Crippen LogP contribution is -2.49. The number of aromatic nitrogens is 2. The number of carbonyl (C=O) groups is 1. The second-order valence-electron chi connectivity index (χ2n) is 8.23. The summed E-state index contributed by atoms with van der Waals surface area (Å²) in [7, 11) is 0. The number of hydrogen-bond acceptors (Lipinski definition) is 8. The highest BCUT2D eigenvalue weighted by molar-refractivity contribution is 5.80. The molecule has 1 aromatic heterocycles. The van der Waals surface area contributed by atoms with E-state index in [2.05, 4.69) is 4.98 Å². The number of nitrogen functional groups attached to an aromatic ring is 1. The van der Waals surface area contributed by atoms with Gasteiger partial charge in [0, 0.05) is 18.5 Å². The molecular weight excluding hydrogens is 426 g/mol. The second kappa shape index (κ2) is 8.11. The molecular formula is C24H23N3O6. The molecule has 0 radical (unpaired) electrons. The molecule has 5 rings (SSSR count). The lowest BCUT2D eigenvalue weighted by Gasteiger charge is -2.29. The van der Waals surface area contributed by atoms with E-state index in [1.54, 1.807) is 0 Å². The molecule has 1 saturated heterocycles. The van der Waals surface area contributed by atoms with E-state index in [4.69, 9.17) is 15.2 Å². The SMILES string of the molecule is Nc1ccn([C@@]2(C(=O)OCC3c4ccccc4-c4ccccc43)C[C@H](O)[C@@H](CO)O2)c(=O)n1. The molecule has 3 aromatic rings. The summed E-state index contributed by atoms with van der Waals surface area (Å²) in [4.78, 5) is 29.7. The zero-order chi connectivity index (χ0) is 23.2. The van der Waals surface area contributed by atoms with E-state index in [1.807, 2.05) is 48.5 Å². The lowest BCUT2D eigenvalue weighted by atomic mass is 9.98. The van der Waals surface area contributed by atoms with Crippen LogP contribution in [0.4, 0.5) is 5.82 Å². The maximum Gasteiger partial charge on any atom is 0.360 e. The topological polar surface area (TPSA) is 137 Å². The summed E-state index contributed by atoms with van der Waals surface area (Å²) >= 11 is 0. The Bertz CT molecular complexity index is 1230. The van der Waals surface area contributed by atoms with Crippen molar-refractivity contribution in [3.63, 3.8) is 0 Å². The number of ether oxygens (including phenoxy) is 2. The molecule has 1 fully saturated rings. The highest BCUT2D eigenvalue weighted by Crippen LogP contribution is 2.45. The summed E-state index contributed by atoms with van der Waals surface area (Å²) in [5, 5.41) is 19.9. The molecule has 9 heteroatoms. The van der Waals surface area contributed by atoms with Crippen LogP contribution in [-0.4, -0.2) is 51.2 Å². The summed E-state index contributed by atoms with van der Waals surface area (Å²) < 4.78 is 12.4. The van der Waals surface area contributed by atoms with Gasteiger partial charge in [-0.3, -0.25) is 4.57 Å². The highest BCUT2D eigenvalue weighted by Gasteiger charge is 2.55. The van der Waals surface area contributed by atoms with Gasteiger partial charge in [0.1, 0.15) is 18.5 Å². The third-order valence-corrected chi connectivity index (χ3v) is 6.32. The van der Waals surface area contributed by atoms with Crippen LogP contribution in [0.15, 0.2) is 65.6 Å². The maximum atomic E-state index is 13.4. The van der Waals surface area contributed by atoms with E-state index >= 15 is 0 Å². The molecule has 0 saturated carbocycles. The van der Waals surface area contributed by atoms with Crippen molar-refractivity contribution >= 4 is 11.8 Å². The van der Waals surface area contributed by atoms with Crippen LogP contribution >= 0.6 is 0 Å². The molecule has 0 spiro atoms. The standard InChI is InChI=1S/C24H23N3O6/c25-21-9-10-27(23(31)26-21)24(11-19(29)20(12-28)33-24)22(30)32-13-18-16-7-3-1-5-14(16)15-6-2-4-8-17(15)18/h1-10,18-20,28-29H,11-13H2,(H2,25,26,31)/t19-,20+,24-/m0/s1. The van der Waals surface area contributed by atoms with Crippen LogP contribution < -0.4 is 11.4 Å². The van der Waals surface area contributed by atoms with Crippen molar-refractivity contribution in [2.24, 2.45) is 0 Å². The number of aliphatic hydroxyl groups is 2. The van der Waals surface area contributed by atoms with Crippen LogP contribution in [0.25, 0.3) is 11.1 Å². The van der Waals surface area contributed by atoms with Crippen molar-refractivity contribution in [2.75, 3.05) is 18.9 Å². The number of rotatable bonds is 5. The molecule has 0 bridgehead atoms. The number of fused-ring (bicyclic) bond motifs is 3. The average molecular weight is 449 g/mol. The molecule has 3 atom stereocenters. The van der Waals surface area contributed by atoms with E-state index in [9.17, 15) is 19.8 Å². The molecule has 9 nitrogen and oxygen atoms in total. The Morgan fingerprint density at radius 1 is 1.15 bits per heavy atom. The molecule has 170 valence electrons. The summed E-state index contributed by atoms with van der Waals surface area (Å²) in [5.41, 5.74) is 7.02. The maximum absolute atomic E-state index is 13.4. The van der Waals surface area contributed by atoms with Gasteiger partial charge >= 0.3 is 11.7 Å². The van der Waals surface area contributed by atoms with E-state index in [0.29, 0.717) is 0 Å². The van der Waals surface area contributed by atoms with Crippen LogP contribution in [0.3, 0.4) is 0 Å². The molecule has 0 amide bonds. The first kappa shape index (κ1) is 21.3. The average Bonchev–Trinajstić information content (AvgIpc) is 3.33. The highest BCUT2D eigenvalue weighted by atomic mass is 16.6. The van der Waals surface area contributed by atoms with Gasteiger partial charge in [-0.25, -0.2) is 9.59 Å². The normalized spacial score (nSPS) is 23.8. The fourth-order valence-electron chi connectivity index (χ4n) is 4.74. The van der Waals surface area contributed by atoms with Crippen LogP contribution in [-0.2, 0) is 20.0 Å². The fraction of sp³-hybridized carbons (Fsp3) is 0.292. The number of anilines is 1. The Hall–Kier alpha value is -3.53. The van der Waals surface area contributed by atoms with Crippen LogP contribution in [0.2, 0.25) is 0 Å². The number of benzene rings is 2. The largest absolute Gasteiger partial charge is 0.461 e. The lowest BCUT2D eigenvalue weighted by molar-refractivity contribution is -0.189. The van der Waals surface area contributed by atoms with Gasteiger partial charge in [-0.05, 0) is 28.3 Å². The number of carbonyl (C=O) groups excluding carboxylic acids is 1. The Balaban J connectivity index is 1.48. The summed E-state index contributed by atoms with van der Waals surface area (Å²) in [6.07, 6.45) is -1.24. The minimum absolute atomic E-state index is 0.00894. The van der Waals surface area contributed by atoms with Crippen molar-refractivity contribution in [1.82, 2.24) is 9.55 Å². The van der Waals surface area contributed by atoms with Crippen LogP contribution in [0, 0.1) is 0 Å². The zero-order valence-electron chi connectivity index (χ0n) is 17.6. The first-order chi connectivity index (χ1) is 15.9. The van der Waals surface area contributed by atoms with Crippen molar-refractivity contribution in [1.29, 1.82) is 0 Å². The van der Waals surface area contributed by atoms with Crippen molar-refractivity contribution in [2.45, 2.75) is 30.3 Å². The number of nitrogens with two attached hydrogens (primary N) is 1. The van der Waals surface area contributed by atoms with Gasteiger partial charge in [0.15, 0.2) is 0 Å². The van der Waals surface area contributed by atoms with Crippen molar-refractivity contribution in [3.8, 4) is 11.1 Å². The molecule has 2 aliphatic rings. The zero-order valence-corrected chi connectivity index (χ0v) is 17.6. The third kappa shape index (κ3) is 3.41. The van der Waals surface area contributed by atoms with Gasteiger partial charge in [0.2, 0.25) is 0 Å². The predicted octanol–water partition coefficient (Wildman–Crippen LogP) is 0.976. The number of hydrogen-bond donors (Lipinski definition) is 3. The molecule has 1 aliphatic heterocycles. The Kier molecular flexibility index (Phi) is 5.24. The third-order valence-electron chi connectivity index (χ3n) is 6.32. The van der Waals surface area contributed by atoms with Crippen molar-refractivity contribution < 1.29 is 24.5 Å². The fourth-order valence-corrected chi connectivity index (χ4v) is 4.74. The molecule has 4 N–H and O–H groups in total. The van der Waals surface area contributed by atoms with Crippen LogP contribution in [0.1, 0.15) is 23.5 Å². The van der Waals surface area contributed by atoms with E-state index < -0.39 is 36.2 Å². The van der Waals surface area contributed by atoms with E-state index in [1.165, 1.54) is 12.3 Å². The summed E-state index contributed by atoms with van der Waals surface area (Å²) in [5.74, 6) is -1.07. The van der Waals surface area contributed by atoms with Gasteiger partial charge in [-0.15, -0.1) is 0 Å². The van der Waals surface area contributed by atoms with E-state index in [0.717, 1.165) is 26.8 Å². The molecule has 2 aromatic carbocycles. The van der Waals surface area contributed by atoms with Crippen molar-refractivity contribution in [3.05, 3.63) is 82.4 Å². The smallest absolute Gasteiger partial charge is 0.360 e. The predicted molar refractivity (Wildman–Crippen MR) is 118 cm³/mol. The number of esters is 1. The summed E-state index contributed by atoms with van der Waals surface area (Å²) in [6, 6.07) is 17.2. The quantitative estimate of drug-likeness (QED) is 0.490. The van der Waals surface area contributed by atoms with Crippen LogP contribution in [0.5, 0.6) is 0 Å². The Labute approximate surface area is 189 Å². The molecule has 33 heavy (non-hydrogen) atoms. The molecule has 2 heterocycles. The first-order valence-electron chi connectivity index (χ1n) is 10.6. The van der Waals surface area contributed by atoms with Gasteiger partial charge in [0.25, 0.3) is 5.72 Å². The molecule has 1 aliphatic carbocycles. The number of nitrogens with zero attached hydrogens (tertiary/aromatic N) is 2. The Morgan fingerprint density at radius 2 is 1.79 bits per heavy atom. The first-order valence-corrected chi connectivity index (χ1v) is 10.6. The minimum atomic E-state index is -1.97. The number of aliphatic hydroxyl groups excluding tert-OH is 2. The van der Waals surface area contributed by atoms with Gasteiger partial charge in [0.05, 0.1) is 12.7 Å². The van der Waals surface area contributed by atoms with Gasteiger partial charge in [-0.1, -0.05) is 48.5 Å². The van der Waals surface area contributed by atoms with Gasteiger partial charge in [-0.2, -0.15) is 4.98 Å². The second-order valence-corrected chi connectivity index (χ2v) is 8.23. The Morgan fingerprint density at radius 3 is 2.36 bits per heavy atom.